The van der Waals surface area contributed by atoms with Crippen molar-refractivity contribution in [3.63, 3.8) is 0 Å². The summed E-state index contributed by atoms with van der Waals surface area (Å²) in [7, 11) is 0. The molecule has 8 heteroatoms. The zero-order chi connectivity index (χ0) is 27.1. The molecule has 0 saturated heterocycles. The highest BCUT2D eigenvalue weighted by molar-refractivity contribution is 5.95. The molecule has 4 aliphatic carbocycles. The Bertz CT molecular complexity index is 908. The van der Waals surface area contributed by atoms with Crippen molar-refractivity contribution in [1.29, 1.82) is 0 Å². The van der Waals surface area contributed by atoms with Crippen LogP contribution in [-0.4, -0.2) is 83.3 Å². The van der Waals surface area contributed by atoms with Gasteiger partial charge in [0.15, 0.2) is 5.78 Å². The summed E-state index contributed by atoms with van der Waals surface area (Å²) in [6.07, 6.45) is 1.02. The van der Waals surface area contributed by atoms with Crippen LogP contribution in [-0.2, 0) is 4.79 Å². The fourth-order valence-electron chi connectivity index (χ4n) is 8.63. The molecule has 2 unspecified atom stereocenters. The normalized spacial score (nSPS) is 46.2. The number of aliphatic hydroxyl groups is 7. The maximum Gasteiger partial charge on any atom is 0.159 e. The lowest BCUT2D eigenvalue weighted by Gasteiger charge is -2.60. The van der Waals surface area contributed by atoms with Crippen LogP contribution in [0.3, 0.4) is 0 Å². The topological polar surface area (TPSA) is 159 Å². The second-order valence-corrected chi connectivity index (χ2v) is 13.6. The minimum Gasteiger partial charge on any atom is -0.396 e. The Hall–Kier alpha value is -0.870. The molecule has 0 bridgehead atoms. The van der Waals surface area contributed by atoms with E-state index in [0.29, 0.717) is 37.7 Å². The number of carbonyl (C=O) groups excluding carboxylic acids is 1. The molecule has 0 spiro atoms. The van der Waals surface area contributed by atoms with Gasteiger partial charge in [0, 0.05) is 23.9 Å². The van der Waals surface area contributed by atoms with Gasteiger partial charge in [-0.3, -0.25) is 4.79 Å². The first-order valence-corrected chi connectivity index (χ1v) is 13.5. The van der Waals surface area contributed by atoms with E-state index in [0.717, 1.165) is 0 Å². The summed E-state index contributed by atoms with van der Waals surface area (Å²) in [6, 6.07) is 0. The first-order chi connectivity index (χ1) is 16.4. The number of aliphatic hydroxyl groups excluding tert-OH is 4. The molecule has 11 atom stereocenters. The minimum absolute atomic E-state index is 0.00177. The maximum atomic E-state index is 13.3. The van der Waals surface area contributed by atoms with E-state index in [-0.39, 0.29) is 31.1 Å². The van der Waals surface area contributed by atoms with Gasteiger partial charge in [0.25, 0.3) is 0 Å². The van der Waals surface area contributed by atoms with Crippen molar-refractivity contribution < 1.29 is 40.5 Å². The molecule has 206 valence electrons. The number of carbonyl (C=O) groups is 1. The Morgan fingerprint density at radius 3 is 2.28 bits per heavy atom. The van der Waals surface area contributed by atoms with Gasteiger partial charge >= 0.3 is 0 Å². The Morgan fingerprint density at radius 2 is 1.69 bits per heavy atom. The van der Waals surface area contributed by atoms with Crippen LogP contribution < -0.4 is 0 Å². The Morgan fingerprint density at radius 1 is 1.06 bits per heavy atom. The van der Waals surface area contributed by atoms with Crippen molar-refractivity contribution >= 4 is 5.78 Å². The fourth-order valence-corrected chi connectivity index (χ4v) is 8.63. The standard InChI is InChI=1S/C28H46O8/c1-24(2,34)15(14-29)10-23(33)27(5,35)22-7-9-28(36)17-11-19(30)18-12-20(31)21(32)13-25(18,3)16(17)6-8-26(22,28)4/h11,15-16,18,20-23,29,31-36H,6-10,12-14H2,1-5H3/t15?,16-,18-,20+,21-,22-,23?,25+,26+,27+,28+/m0/s1. The average molecular weight is 511 g/mol. The van der Waals surface area contributed by atoms with Crippen LogP contribution in [0.5, 0.6) is 0 Å². The molecule has 36 heavy (non-hydrogen) atoms. The van der Waals surface area contributed by atoms with Crippen LogP contribution in [0.1, 0.15) is 79.6 Å². The largest absolute Gasteiger partial charge is 0.396 e. The number of allylic oxidation sites excluding steroid dienone is 1. The Balaban J connectivity index is 1.66. The van der Waals surface area contributed by atoms with Crippen molar-refractivity contribution in [2.45, 2.75) is 115 Å². The molecule has 0 aliphatic heterocycles. The molecule has 0 radical (unpaired) electrons. The zero-order valence-electron chi connectivity index (χ0n) is 22.3. The SMILES string of the molecule is CC(C)(O)C(CO)CC(O)[C@](C)(O)[C@H]1CC[C@@]2(O)C3=CC(=O)[C@@H]4C[C@@H](O)[C@@H](O)C[C@]4(C)[C@H]3CC[C@]12C. The highest BCUT2D eigenvalue weighted by atomic mass is 16.3. The summed E-state index contributed by atoms with van der Waals surface area (Å²) in [5, 5.41) is 76.0. The van der Waals surface area contributed by atoms with E-state index in [2.05, 4.69) is 0 Å². The van der Waals surface area contributed by atoms with Crippen molar-refractivity contribution in [3.8, 4) is 0 Å². The smallest absolute Gasteiger partial charge is 0.159 e. The van der Waals surface area contributed by atoms with Gasteiger partial charge in [-0.25, -0.2) is 0 Å². The summed E-state index contributed by atoms with van der Waals surface area (Å²) in [4.78, 5) is 13.3. The van der Waals surface area contributed by atoms with Crippen LogP contribution in [0.2, 0.25) is 0 Å². The van der Waals surface area contributed by atoms with Crippen LogP contribution in [0.25, 0.3) is 0 Å². The van der Waals surface area contributed by atoms with Crippen LogP contribution in [0.15, 0.2) is 11.6 Å². The lowest BCUT2D eigenvalue weighted by Crippen LogP contribution is -2.63. The van der Waals surface area contributed by atoms with Gasteiger partial charge in [-0.15, -0.1) is 0 Å². The van der Waals surface area contributed by atoms with Gasteiger partial charge in [0.05, 0.1) is 35.1 Å². The molecular formula is C28H46O8. The van der Waals surface area contributed by atoms with Gasteiger partial charge in [-0.05, 0) is 94.6 Å². The zero-order valence-corrected chi connectivity index (χ0v) is 22.3. The molecule has 3 fully saturated rings. The van der Waals surface area contributed by atoms with E-state index in [4.69, 9.17) is 0 Å². The van der Waals surface area contributed by atoms with Crippen LogP contribution >= 0.6 is 0 Å². The number of ketones is 1. The third kappa shape index (κ3) is 3.94. The first kappa shape index (κ1) is 28.1. The predicted octanol–water partition coefficient (Wildman–Crippen LogP) is 1.07. The summed E-state index contributed by atoms with van der Waals surface area (Å²) in [5.41, 5.74) is -4.89. The summed E-state index contributed by atoms with van der Waals surface area (Å²) in [5.74, 6) is -1.77. The predicted molar refractivity (Wildman–Crippen MR) is 133 cm³/mol. The van der Waals surface area contributed by atoms with Gasteiger partial charge in [0.1, 0.15) is 0 Å². The van der Waals surface area contributed by atoms with E-state index in [9.17, 15) is 40.5 Å². The fraction of sp³-hybridized carbons (Fsp3) is 0.893. The molecule has 4 rings (SSSR count). The summed E-state index contributed by atoms with van der Waals surface area (Å²) < 4.78 is 0. The van der Waals surface area contributed by atoms with Gasteiger partial charge in [-0.2, -0.15) is 0 Å². The summed E-state index contributed by atoms with van der Waals surface area (Å²) in [6.45, 7) is 8.29. The second kappa shape index (κ2) is 8.83. The molecule has 7 N–H and O–H groups in total. The molecule has 0 aromatic heterocycles. The van der Waals surface area contributed by atoms with Crippen LogP contribution in [0.4, 0.5) is 0 Å². The number of hydrogen-bond acceptors (Lipinski definition) is 8. The van der Waals surface area contributed by atoms with E-state index < -0.39 is 63.7 Å². The average Bonchev–Trinajstić information content (AvgIpc) is 3.05. The van der Waals surface area contributed by atoms with Gasteiger partial charge < -0.3 is 35.7 Å². The molecule has 8 nitrogen and oxygen atoms in total. The van der Waals surface area contributed by atoms with E-state index in [1.54, 1.807) is 26.8 Å². The maximum absolute atomic E-state index is 13.3. The Kier molecular flexibility index (Phi) is 6.90. The van der Waals surface area contributed by atoms with Gasteiger partial charge in [0.2, 0.25) is 0 Å². The molecule has 4 aliphatic rings. The molecule has 3 saturated carbocycles. The molecule has 0 amide bonds. The lowest BCUT2D eigenvalue weighted by molar-refractivity contribution is -0.180. The van der Waals surface area contributed by atoms with E-state index >= 15 is 0 Å². The first-order valence-electron chi connectivity index (χ1n) is 13.5. The van der Waals surface area contributed by atoms with Gasteiger partial charge in [-0.1, -0.05) is 13.8 Å². The van der Waals surface area contributed by atoms with E-state index in [1.807, 2.05) is 13.8 Å². The van der Waals surface area contributed by atoms with Crippen LogP contribution in [0, 0.1) is 34.5 Å². The minimum atomic E-state index is -1.60. The highest BCUT2D eigenvalue weighted by Crippen LogP contribution is 2.68. The monoisotopic (exact) mass is 510 g/mol. The third-order valence-corrected chi connectivity index (χ3v) is 11.2. The summed E-state index contributed by atoms with van der Waals surface area (Å²) >= 11 is 0. The quantitative estimate of drug-likeness (QED) is 0.280. The number of rotatable bonds is 6. The van der Waals surface area contributed by atoms with E-state index in [1.165, 1.54) is 0 Å². The van der Waals surface area contributed by atoms with Crippen molar-refractivity contribution in [2.24, 2.45) is 34.5 Å². The molecule has 0 heterocycles. The molecular weight excluding hydrogens is 464 g/mol. The molecule has 0 aromatic carbocycles. The highest BCUT2D eigenvalue weighted by Gasteiger charge is 2.69. The second-order valence-electron chi connectivity index (χ2n) is 13.6. The molecule has 0 aromatic rings. The lowest BCUT2D eigenvalue weighted by atomic mass is 9.45. The van der Waals surface area contributed by atoms with Crippen molar-refractivity contribution in [3.05, 3.63) is 11.6 Å². The van der Waals surface area contributed by atoms with Crippen molar-refractivity contribution in [2.75, 3.05) is 6.61 Å². The number of fused-ring (bicyclic) bond motifs is 5. The Labute approximate surface area is 214 Å². The third-order valence-electron chi connectivity index (χ3n) is 11.2. The number of hydrogen-bond donors (Lipinski definition) is 7. The van der Waals surface area contributed by atoms with Crippen molar-refractivity contribution in [1.82, 2.24) is 0 Å².